The Morgan fingerprint density at radius 3 is 2.71 bits per heavy atom. The Morgan fingerprint density at radius 2 is 1.82 bits per heavy atom. The number of amides is 1. The lowest BCUT2D eigenvalue weighted by molar-refractivity contribution is 0.102. The van der Waals surface area contributed by atoms with E-state index in [0.29, 0.717) is 11.1 Å². The van der Waals surface area contributed by atoms with E-state index in [4.69, 9.17) is 0 Å². The summed E-state index contributed by atoms with van der Waals surface area (Å²) in [5.74, 6) is 1.77. The van der Waals surface area contributed by atoms with E-state index >= 15 is 0 Å². The number of benzene rings is 2. The summed E-state index contributed by atoms with van der Waals surface area (Å²) in [6.07, 6.45) is 4.54. The number of aryl methyl sites for hydroxylation is 1. The first kappa shape index (κ1) is 16.6. The predicted molar refractivity (Wildman–Crippen MR) is 105 cm³/mol. The second-order valence-corrected chi connectivity index (χ2v) is 6.96. The number of aromatic nitrogens is 6. The van der Waals surface area contributed by atoms with Crippen molar-refractivity contribution < 1.29 is 4.79 Å². The highest BCUT2D eigenvalue weighted by molar-refractivity contribution is 6.05. The second-order valence-electron chi connectivity index (χ2n) is 6.96. The van der Waals surface area contributed by atoms with Crippen molar-refractivity contribution in [2.45, 2.75) is 32.2 Å². The van der Waals surface area contributed by atoms with Crippen molar-refractivity contribution in [3.63, 3.8) is 0 Å². The minimum absolute atomic E-state index is 0.186. The van der Waals surface area contributed by atoms with Gasteiger partial charge >= 0.3 is 0 Å². The molecule has 0 saturated carbocycles. The molecule has 0 fully saturated rings. The van der Waals surface area contributed by atoms with Gasteiger partial charge in [0.1, 0.15) is 16.9 Å². The largest absolute Gasteiger partial charge is 0.322 e. The smallest absolute Gasteiger partial charge is 0.255 e. The van der Waals surface area contributed by atoms with Gasteiger partial charge in [0.25, 0.3) is 5.91 Å². The zero-order chi connectivity index (χ0) is 18.9. The molecule has 0 saturated heterocycles. The Kier molecular flexibility index (Phi) is 4.08. The second kappa shape index (κ2) is 6.88. The first-order valence-corrected chi connectivity index (χ1v) is 9.42. The number of nitrogens with zero attached hydrogens (tertiary/aromatic N) is 5. The Labute approximate surface area is 161 Å². The molecule has 2 aromatic carbocycles. The molecule has 8 nitrogen and oxygen atoms in total. The van der Waals surface area contributed by atoms with Crippen LogP contribution in [0.25, 0.3) is 22.4 Å². The molecule has 28 heavy (non-hydrogen) atoms. The molecule has 2 N–H and O–H groups in total. The summed E-state index contributed by atoms with van der Waals surface area (Å²) in [5, 5.41) is 22.2. The number of hydrogen-bond donors (Lipinski definition) is 2. The van der Waals surface area contributed by atoms with Crippen LogP contribution in [0.3, 0.4) is 0 Å². The molecule has 0 spiro atoms. The minimum Gasteiger partial charge on any atom is -0.322 e. The molecule has 0 atom stereocenters. The number of H-pyrrole nitrogens is 1. The number of hydrogen-bond acceptors (Lipinski definition) is 5. The Morgan fingerprint density at radius 1 is 0.964 bits per heavy atom. The van der Waals surface area contributed by atoms with Crippen molar-refractivity contribution in [3.8, 4) is 11.4 Å². The van der Waals surface area contributed by atoms with E-state index in [1.807, 2.05) is 24.3 Å². The molecule has 1 amide bonds. The molecule has 1 aliphatic heterocycles. The third kappa shape index (κ3) is 3.02. The van der Waals surface area contributed by atoms with Gasteiger partial charge in [-0.15, -0.1) is 10.2 Å². The predicted octanol–water partition coefficient (Wildman–Crippen LogP) is 3.20. The van der Waals surface area contributed by atoms with Crippen LogP contribution in [-0.4, -0.2) is 36.1 Å². The minimum atomic E-state index is -0.186. The fourth-order valence-electron chi connectivity index (χ4n) is 3.59. The van der Waals surface area contributed by atoms with E-state index in [2.05, 4.69) is 35.5 Å². The number of rotatable bonds is 3. The normalized spacial score (nSPS) is 13.9. The van der Waals surface area contributed by atoms with Gasteiger partial charge in [-0.1, -0.05) is 6.42 Å². The number of fused-ring (bicyclic) bond motifs is 2. The number of anilines is 1. The molecular formula is C20H19N7O. The third-order valence-electron chi connectivity index (χ3n) is 5.09. The summed E-state index contributed by atoms with van der Waals surface area (Å²) in [6.45, 7) is 0.959. The lowest BCUT2D eigenvalue weighted by Gasteiger charge is -2.09. The maximum atomic E-state index is 12.5. The van der Waals surface area contributed by atoms with Gasteiger partial charge < -0.3 is 9.88 Å². The summed E-state index contributed by atoms with van der Waals surface area (Å²) < 4.78 is 2.22. The van der Waals surface area contributed by atoms with E-state index < -0.39 is 0 Å². The van der Waals surface area contributed by atoms with Crippen LogP contribution < -0.4 is 5.32 Å². The standard InChI is InChI=1S/C20H19N7O/c28-20(14-7-10-16-17(12-14)23-26-22-16)21-15-8-5-13(6-9-15)19-25-24-18-4-2-1-3-11-27(18)19/h5-10,12H,1-4,11H2,(H,21,28)(H,22,23,26). The van der Waals surface area contributed by atoms with Crippen molar-refractivity contribution >= 4 is 22.6 Å². The van der Waals surface area contributed by atoms with Gasteiger partial charge in [-0.25, -0.2) is 0 Å². The molecule has 2 aromatic heterocycles. The average Bonchev–Trinajstić information content (AvgIpc) is 3.29. The van der Waals surface area contributed by atoms with Crippen LogP contribution >= 0.6 is 0 Å². The number of carbonyl (C=O) groups is 1. The highest BCUT2D eigenvalue weighted by Gasteiger charge is 2.16. The molecular weight excluding hydrogens is 354 g/mol. The van der Waals surface area contributed by atoms with Crippen LogP contribution in [0.4, 0.5) is 5.69 Å². The van der Waals surface area contributed by atoms with Crippen LogP contribution in [0.1, 0.15) is 35.4 Å². The van der Waals surface area contributed by atoms with Gasteiger partial charge in [0.2, 0.25) is 0 Å². The molecule has 5 rings (SSSR count). The summed E-state index contributed by atoms with van der Waals surface area (Å²) in [4.78, 5) is 12.5. The van der Waals surface area contributed by atoms with Gasteiger partial charge in [0.15, 0.2) is 5.82 Å². The summed E-state index contributed by atoms with van der Waals surface area (Å²) in [7, 11) is 0. The summed E-state index contributed by atoms with van der Waals surface area (Å²) >= 11 is 0. The molecule has 3 heterocycles. The molecule has 0 aliphatic carbocycles. The molecule has 0 radical (unpaired) electrons. The Hall–Kier alpha value is -3.55. The molecule has 140 valence electrons. The Balaban J connectivity index is 1.35. The SMILES string of the molecule is O=C(Nc1ccc(-c2nnc3n2CCCCC3)cc1)c1ccc2n[nH]nc2c1. The highest BCUT2D eigenvalue weighted by atomic mass is 16.1. The molecule has 4 aromatic rings. The van der Waals surface area contributed by atoms with E-state index in [9.17, 15) is 4.79 Å². The van der Waals surface area contributed by atoms with E-state index in [1.165, 1.54) is 12.8 Å². The third-order valence-corrected chi connectivity index (χ3v) is 5.09. The quantitative estimate of drug-likeness (QED) is 0.574. The van der Waals surface area contributed by atoms with Crippen molar-refractivity contribution in [1.82, 2.24) is 30.2 Å². The fourth-order valence-corrected chi connectivity index (χ4v) is 3.59. The van der Waals surface area contributed by atoms with Crippen molar-refractivity contribution in [3.05, 3.63) is 53.9 Å². The van der Waals surface area contributed by atoms with Gasteiger partial charge in [0.05, 0.1) is 0 Å². The van der Waals surface area contributed by atoms with Crippen LogP contribution in [0, 0.1) is 0 Å². The van der Waals surface area contributed by atoms with Gasteiger partial charge in [-0.05, 0) is 55.3 Å². The van der Waals surface area contributed by atoms with Gasteiger partial charge in [-0.2, -0.15) is 15.4 Å². The molecule has 1 aliphatic rings. The lowest BCUT2D eigenvalue weighted by atomic mass is 10.1. The zero-order valence-electron chi connectivity index (χ0n) is 15.2. The van der Waals surface area contributed by atoms with E-state index in [0.717, 1.165) is 47.8 Å². The van der Waals surface area contributed by atoms with Crippen LogP contribution in [-0.2, 0) is 13.0 Å². The van der Waals surface area contributed by atoms with Crippen LogP contribution in [0.5, 0.6) is 0 Å². The van der Waals surface area contributed by atoms with Gasteiger partial charge in [0, 0.05) is 29.8 Å². The molecule has 0 bridgehead atoms. The first-order valence-electron chi connectivity index (χ1n) is 9.42. The molecule has 0 unspecified atom stereocenters. The number of carbonyl (C=O) groups excluding carboxylic acids is 1. The van der Waals surface area contributed by atoms with Crippen LogP contribution in [0.2, 0.25) is 0 Å². The average molecular weight is 373 g/mol. The monoisotopic (exact) mass is 373 g/mol. The maximum absolute atomic E-state index is 12.5. The molecule has 8 heteroatoms. The van der Waals surface area contributed by atoms with Crippen molar-refractivity contribution in [1.29, 1.82) is 0 Å². The highest BCUT2D eigenvalue weighted by Crippen LogP contribution is 2.24. The maximum Gasteiger partial charge on any atom is 0.255 e. The summed E-state index contributed by atoms with van der Waals surface area (Å²) in [5.41, 5.74) is 3.66. The van der Waals surface area contributed by atoms with Crippen LogP contribution in [0.15, 0.2) is 42.5 Å². The zero-order valence-corrected chi connectivity index (χ0v) is 15.2. The number of aromatic amines is 1. The van der Waals surface area contributed by atoms with E-state index in [1.54, 1.807) is 18.2 Å². The fraction of sp³-hybridized carbons (Fsp3) is 0.250. The van der Waals surface area contributed by atoms with Crippen molar-refractivity contribution in [2.75, 3.05) is 5.32 Å². The van der Waals surface area contributed by atoms with E-state index in [-0.39, 0.29) is 5.91 Å². The summed E-state index contributed by atoms with van der Waals surface area (Å²) in [6, 6.07) is 12.9. The lowest BCUT2D eigenvalue weighted by Crippen LogP contribution is -2.11. The first-order chi connectivity index (χ1) is 13.8. The van der Waals surface area contributed by atoms with Crippen molar-refractivity contribution in [2.24, 2.45) is 0 Å². The Bertz CT molecular complexity index is 1140. The topological polar surface area (TPSA) is 101 Å². The van der Waals surface area contributed by atoms with Gasteiger partial charge in [-0.3, -0.25) is 4.79 Å². The number of nitrogens with one attached hydrogen (secondary N) is 2.